The number of hydrogen-bond donors (Lipinski definition) is 2. The van der Waals surface area contributed by atoms with Crippen molar-refractivity contribution in [2.45, 2.75) is 32.1 Å². The molecule has 7 nitrogen and oxygen atoms in total. The van der Waals surface area contributed by atoms with Gasteiger partial charge in [-0.25, -0.2) is 9.78 Å². The summed E-state index contributed by atoms with van der Waals surface area (Å²) >= 11 is 0. The Labute approximate surface area is 227 Å². The summed E-state index contributed by atoms with van der Waals surface area (Å²) in [6.45, 7) is 3.29. The molecule has 40 heavy (non-hydrogen) atoms. The van der Waals surface area contributed by atoms with Gasteiger partial charge in [-0.1, -0.05) is 24.3 Å². The van der Waals surface area contributed by atoms with E-state index < -0.39 is 29.4 Å². The van der Waals surface area contributed by atoms with E-state index >= 15 is 0 Å². The van der Waals surface area contributed by atoms with E-state index in [0.29, 0.717) is 24.4 Å². The molecule has 0 bridgehead atoms. The summed E-state index contributed by atoms with van der Waals surface area (Å²) in [5.41, 5.74) is 4.60. The second kappa shape index (κ2) is 14.1. The fourth-order valence-corrected chi connectivity index (χ4v) is 3.51. The predicted octanol–water partition coefficient (Wildman–Crippen LogP) is 5.71. The molecule has 0 fully saturated rings. The first-order chi connectivity index (χ1) is 18.6. The first-order valence-corrected chi connectivity index (χ1v) is 12.1. The van der Waals surface area contributed by atoms with E-state index in [-0.39, 0.29) is 36.2 Å². The predicted molar refractivity (Wildman–Crippen MR) is 137 cm³/mol. The quantitative estimate of drug-likeness (QED) is 0.250. The number of hydrogen-bond acceptors (Lipinski definition) is 6. The van der Waals surface area contributed by atoms with Crippen LogP contribution in [0, 0.1) is 6.92 Å². The molecule has 0 spiro atoms. The van der Waals surface area contributed by atoms with Crippen molar-refractivity contribution in [3.05, 3.63) is 76.5 Å². The zero-order chi connectivity index (χ0) is 30.1. The number of nitrogens with two attached hydrogens (primary N) is 1. The van der Waals surface area contributed by atoms with Crippen molar-refractivity contribution in [3.63, 3.8) is 0 Å². The van der Waals surface area contributed by atoms with Crippen LogP contribution in [0.2, 0.25) is 0 Å². The molecule has 0 saturated carbocycles. The Hall–Kier alpha value is -3.71. The number of halogens is 6. The highest BCUT2D eigenvalue weighted by atomic mass is 19.4. The number of carboxylic acids is 1. The topological polar surface area (TPSA) is 102 Å². The second-order valence-corrected chi connectivity index (χ2v) is 8.99. The van der Waals surface area contributed by atoms with Crippen molar-refractivity contribution in [2.24, 2.45) is 5.73 Å². The zero-order valence-corrected chi connectivity index (χ0v) is 22.1. The van der Waals surface area contributed by atoms with E-state index in [9.17, 15) is 36.2 Å². The van der Waals surface area contributed by atoms with Gasteiger partial charge in [-0.05, 0) is 69.7 Å². The van der Waals surface area contributed by atoms with Gasteiger partial charge in [0, 0.05) is 18.3 Å². The molecule has 1 aromatic heterocycles. The summed E-state index contributed by atoms with van der Waals surface area (Å²) in [6.07, 6.45) is -7.49. The third-order valence-corrected chi connectivity index (χ3v) is 5.46. The molecular weight excluding hydrogens is 542 g/mol. The summed E-state index contributed by atoms with van der Waals surface area (Å²) in [5.74, 6) is -1.05. The lowest BCUT2D eigenvalue weighted by atomic mass is 10.0. The third kappa shape index (κ3) is 9.79. The lowest BCUT2D eigenvalue weighted by molar-refractivity contribution is -0.143. The number of ether oxygens (including phenoxy) is 1. The van der Waals surface area contributed by atoms with Crippen molar-refractivity contribution < 1.29 is 41.0 Å². The van der Waals surface area contributed by atoms with Gasteiger partial charge in [-0.2, -0.15) is 31.3 Å². The van der Waals surface area contributed by atoms with Gasteiger partial charge in [0.05, 0.1) is 23.4 Å². The van der Waals surface area contributed by atoms with Crippen molar-refractivity contribution in [1.29, 1.82) is 0 Å². The molecular formula is C27H30F6N4O3. The van der Waals surface area contributed by atoms with Gasteiger partial charge in [0.15, 0.2) is 0 Å². The Morgan fingerprint density at radius 1 is 1.02 bits per heavy atom. The minimum atomic E-state index is -4.80. The number of aromatic carboxylic acids is 1. The Balaban J connectivity index is 0.000000294. The maximum absolute atomic E-state index is 12.4. The van der Waals surface area contributed by atoms with E-state index in [1.807, 2.05) is 45.3 Å². The van der Waals surface area contributed by atoms with Crippen molar-refractivity contribution in [2.75, 3.05) is 33.8 Å². The van der Waals surface area contributed by atoms with Gasteiger partial charge in [-0.3, -0.25) is 0 Å². The summed E-state index contributed by atoms with van der Waals surface area (Å²) in [4.78, 5) is 21.8. The second-order valence-electron chi connectivity index (χ2n) is 8.99. The lowest BCUT2D eigenvalue weighted by Gasteiger charge is -2.13. The minimum Gasteiger partial charge on any atom is -0.478 e. The lowest BCUT2D eigenvalue weighted by Crippen LogP contribution is -2.16. The third-order valence-electron chi connectivity index (χ3n) is 5.46. The van der Waals surface area contributed by atoms with Crippen LogP contribution in [0.3, 0.4) is 0 Å². The Bertz CT molecular complexity index is 1250. The van der Waals surface area contributed by atoms with Gasteiger partial charge in [0.1, 0.15) is 5.56 Å². The Morgan fingerprint density at radius 2 is 1.62 bits per heavy atom. The molecule has 13 heteroatoms. The SMILES string of the molecule is Cc1ccccc1-c1nc(OCCCN(C)C)ncc1C(=O)O.NCCc1cc(C(F)(F)F)cc(C(F)(F)F)c1. The molecule has 0 atom stereocenters. The molecule has 2 aromatic carbocycles. The Kier molecular flexibility index (Phi) is 11.4. The number of aryl methyl sites for hydroxylation is 1. The average molecular weight is 573 g/mol. The van der Waals surface area contributed by atoms with Crippen LogP contribution in [0.5, 0.6) is 6.01 Å². The summed E-state index contributed by atoms with van der Waals surface area (Å²) in [5, 5.41) is 9.36. The maximum atomic E-state index is 12.4. The molecule has 0 radical (unpaired) electrons. The van der Waals surface area contributed by atoms with Gasteiger partial charge < -0.3 is 20.5 Å². The fourth-order valence-electron chi connectivity index (χ4n) is 3.51. The summed E-state index contributed by atoms with van der Waals surface area (Å²) in [6, 6.07) is 9.18. The number of carbonyl (C=O) groups is 1. The zero-order valence-electron chi connectivity index (χ0n) is 22.1. The average Bonchev–Trinajstić information content (AvgIpc) is 2.86. The van der Waals surface area contributed by atoms with Crippen molar-refractivity contribution in [3.8, 4) is 17.3 Å². The fraction of sp³-hybridized carbons (Fsp3) is 0.370. The molecule has 0 amide bonds. The number of nitrogens with zero attached hydrogens (tertiary/aromatic N) is 3. The monoisotopic (exact) mass is 572 g/mol. The standard InChI is InChI=1S/C17H21N3O3.C10H9F6N/c1-12-7-4-5-8-13(12)15-14(16(21)22)11-18-17(19-15)23-10-6-9-20(2)3;11-9(12,13)7-3-6(1-2-17)4-8(5-7)10(14,15)16/h4-5,7-8,11H,6,9-10H2,1-3H3,(H,21,22);3-5H,1-2,17H2. The largest absolute Gasteiger partial charge is 0.478 e. The highest BCUT2D eigenvalue weighted by Gasteiger charge is 2.36. The van der Waals surface area contributed by atoms with E-state index in [4.69, 9.17) is 10.5 Å². The molecule has 0 aliphatic heterocycles. The molecule has 1 heterocycles. The molecule has 218 valence electrons. The molecule has 0 aliphatic rings. The smallest absolute Gasteiger partial charge is 0.416 e. The van der Waals surface area contributed by atoms with E-state index in [1.165, 1.54) is 6.20 Å². The van der Waals surface area contributed by atoms with Crippen LogP contribution in [-0.4, -0.2) is 59.7 Å². The van der Waals surface area contributed by atoms with Gasteiger partial charge in [0.25, 0.3) is 0 Å². The summed E-state index contributed by atoms with van der Waals surface area (Å²) < 4.78 is 79.8. The highest BCUT2D eigenvalue weighted by Crippen LogP contribution is 2.36. The van der Waals surface area contributed by atoms with E-state index in [2.05, 4.69) is 14.9 Å². The molecule has 3 aromatic rings. The maximum Gasteiger partial charge on any atom is 0.416 e. The highest BCUT2D eigenvalue weighted by molar-refractivity contribution is 5.94. The van der Waals surface area contributed by atoms with Gasteiger partial charge >= 0.3 is 24.3 Å². The Morgan fingerprint density at radius 3 is 2.12 bits per heavy atom. The number of alkyl halides is 6. The molecule has 0 aliphatic carbocycles. The van der Waals surface area contributed by atoms with Crippen molar-refractivity contribution >= 4 is 5.97 Å². The molecule has 3 rings (SSSR count). The first kappa shape index (κ1) is 32.5. The van der Waals surface area contributed by atoms with Crippen LogP contribution in [0.1, 0.15) is 39.0 Å². The first-order valence-electron chi connectivity index (χ1n) is 12.1. The van der Waals surface area contributed by atoms with Crippen LogP contribution < -0.4 is 10.5 Å². The van der Waals surface area contributed by atoms with E-state index in [1.54, 1.807) is 0 Å². The summed E-state index contributed by atoms with van der Waals surface area (Å²) in [7, 11) is 3.99. The number of carboxylic acid groups (broad SMARTS) is 1. The van der Waals surface area contributed by atoms with Crippen LogP contribution in [0.4, 0.5) is 26.3 Å². The van der Waals surface area contributed by atoms with Crippen LogP contribution in [-0.2, 0) is 18.8 Å². The number of aromatic nitrogens is 2. The number of rotatable bonds is 9. The van der Waals surface area contributed by atoms with Crippen LogP contribution in [0.15, 0.2) is 48.7 Å². The van der Waals surface area contributed by atoms with Crippen LogP contribution in [0.25, 0.3) is 11.3 Å². The van der Waals surface area contributed by atoms with Crippen molar-refractivity contribution in [1.82, 2.24) is 14.9 Å². The van der Waals surface area contributed by atoms with Gasteiger partial charge in [-0.15, -0.1) is 0 Å². The molecule has 0 saturated heterocycles. The molecule has 3 N–H and O–H groups in total. The van der Waals surface area contributed by atoms with Crippen LogP contribution >= 0.6 is 0 Å². The van der Waals surface area contributed by atoms with E-state index in [0.717, 1.165) is 24.1 Å². The number of benzene rings is 2. The minimum absolute atomic E-state index is 0.0153. The molecule has 0 unspecified atom stereocenters. The normalized spacial score (nSPS) is 11.7. The van der Waals surface area contributed by atoms with Gasteiger partial charge in [0.2, 0.25) is 0 Å².